The van der Waals surface area contributed by atoms with Crippen LogP contribution >= 0.6 is 11.8 Å². The third-order valence-corrected chi connectivity index (χ3v) is 5.06. The van der Waals surface area contributed by atoms with Gasteiger partial charge in [0.1, 0.15) is 10.5 Å². The Kier molecular flexibility index (Phi) is 8.17. The monoisotopic (exact) mass is 422 g/mol. The molecule has 0 saturated carbocycles. The molecule has 1 unspecified atom stereocenters. The van der Waals surface area contributed by atoms with E-state index in [1.165, 1.54) is 10.5 Å². The second kappa shape index (κ2) is 9.07. The van der Waals surface area contributed by atoms with Crippen LogP contribution in [0, 0.1) is 0 Å². The summed E-state index contributed by atoms with van der Waals surface area (Å²) in [5.74, 6) is 0. The maximum absolute atomic E-state index is 5.81. The summed E-state index contributed by atoms with van der Waals surface area (Å²) in [5, 5.41) is 9.36. The van der Waals surface area contributed by atoms with Gasteiger partial charge < -0.3 is 0 Å². The highest BCUT2D eigenvalue weighted by atomic mass is 32.2. The molecule has 29 heavy (non-hydrogen) atoms. The van der Waals surface area contributed by atoms with Crippen molar-refractivity contribution in [2.24, 2.45) is 10.2 Å². The van der Waals surface area contributed by atoms with Crippen LogP contribution in [0.15, 0.2) is 39.4 Å². The van der Waals surface area contributed by atoms with Crippen molar-refractivity contribution in [3.63, 3.8) is 0 Å². The molecule has 0 N–H and O–H groups in total. The summed E-state index contributed by atoms with van der Waals surface area (Å²) in [6.45, 7) is 25.0. The van der Waals surface area contributed by atoms with Crippen molar-refractivity contribution in [3.05, 3.63) is 29.8 Å². The summed E-state index contributed by atoms with van der Waals surface area (Å²) in [5.41, 5.74) is 0.346. The molecule has 0 aliphatic heterocycles. The summed E-state index contributed by atoms with van der Waals surface area (Å²) >= 11 is 1.72. The molecule has 1 aromatic rings. The van der Waals surface area contributed by atoms with Crippen molar-refractivity contribution in [1.82, 2.24) is 0 Å². The van der Waals surface area contributed by atoms with Crippen LogP contribution in [-0.2, 0) is 15.2 Å². The molecule has 0 spiro atoms. The summed E-state index contributed by atoms with van der Waals surface area (Å²) in [6.07, 6.45) is 0.654. The zero-order chi connectivity index (χ0) is 22.7. The Labute approximate surface area is 183 Å². The molecule has 0 aliphatic rings. The zero-order valence-corrected chi connectivity index (χ0v) is 21.5. The third-order valence-electron chi connectivity index (χ3n) is 3.89. The van der Waals surface area contributed by atoms with Crippen LogP contribution in [0.5, 0.6) is 0 Å². The summed E-state index contributed by atoms with van der Waals surface area (Å²) in [4.78, 5) is 12.1. The van der Waals surface area contributed by atoms with Crippen LogP contribution in [-0.4, -0.2) is 21.6 Å². The van der Waals surface area contributed by atoms with E-state index in [4.69, 9.17) is 14.9 Å². The SMILES string of the molecule is CC(C)(C)N=NC(C)(CC(C)(C)OOC(C)(C)C)Sc1ccc(C(C)(C)C)cc1. The second-order valence-electron chi connectivity index (χ2n) is 11.6. The predicted octanol–water partition coefficient (Wildman–Crippen LogP) is 7.96. The van der Waals surface area contributed by atoms with Crippen molar-refractivity contribution in [2.45, 2.75) is 121 Å². The lowest BCUT2D eigenvalue weighted by Gasteiger charge is -2.35. The van der Waals surface area contributed by atoms with E-state index in [0.29, 0.717) is 6.42 Å². The fourth-order valence-electron chi connectivity index (χ4n) is 2.68. The highest BCUT2D eigenvalue weighted by molar-refractivity contribution is 8.00. The van der Waals surface area contributed by atoms with Gasteiger partial charge in [0.15, 0.2) is 0 Å². The summed E-state index contributed by atoms with van der Waals surface area (Å²) in [7, 11) is 0. The Morgan fingerprint density at radius 3 is 1.66 bits per heavy atom. The van der Waals surface area contributed by atoms with Crippen LogP contribution in [0.1, 0.15) is 95.1 Å². The first kappa shape index (κ1) is 26.1. The lowest BCUT2D eigenvalue weighted by molar-refractivity contribution is -0.398. The Balaban J connectivity index is 3.10. The molecule has 1 atom stereocenters. The molecule has 0 fully saturated rings. The topological polar surface area (TPSA) is 43.2 Å². The van der Waals surface area contributed by atoms with Gasteiger partial charge in [0.2, 0.25) is 0 Å². The van der Waals surface area contributed by atoms with Gasteiger partial charge in [0.05, 0.1) is 11.1 Å². The Morgan fingerprint density at radius 1 is 0.724 bits per heavy atom. The van der Waals surface area contributed by atoms with Crippen LogP contribution in [0.3, 0.4) is 0 Å². The number of hydrogen-bond donors (Lipinski definition) is 0. The molecule has 0 amide bonds. The fraction of sp³-hybridized carbons (Fsp3) is 0.750. The van der Waals surface area contributed by atoms with Crippen molar-refractivity contribution >= 4 is 11.8 Å². The number of azo groups is 1. The van der Waals surface area contributed by atoms with E-state index in [1.54, 1.807) is 11.8 Å². The van der Waals surface area contributed by atoms with Gasteiger partial charge in [-0.3, -0.25) is 0 Å². The summed E-state index contributed by atoms with van der Waals surface area (Å²) in [6, 6.07) is 8.76. The third kappa shape index (κ3) is 10.6. The Hall–Kier alpha value is -0.910. The van der Waals surface area contributed by atoms with Crippen molar-refractivity contribution in [1.29, 1.82) is 0 Å². The van der Waals surface area contributed by atoms with Gasteiger partial charge in [-0.2, -0.15) is 10.2 Å². The van der Waals surface area contributed by atoms with Crippen LogP contribution in [0.25, 0.3) is 0 Å². The van der Waals surface area contributed by atoms with Crippen molar-refractivity contribution in [3.8, 4) is 0 Å². The second-order valence-corrected chi connectivity index (χ2v) is 13.2. The molecule has 4 nitrogen and oxygen atoms in total. The quantitative estimate of drug-likeness (QED) is 0.194. The van der Waals surface area contributed by atoms with Crippen LogP contribution in [0.4, 0.5) is 0 Å². The molecule has 0 bridgehead atoms. The van der Waals surface area contributed by atoms with Gasteiger partial charge >= 0.3 is 0 Å². The standard InChI is InChI=1S/C24H42N2O2S/c1-20(2,3)18-13-15-19(16-14-18)29-24(12,26-25-21(4,5)6)17-23(10,11)28-27-22(7,8)9/h13-16H,17H2,1-12H3. The minimum atomic E-state index is -0.517. The molecule has 1 rings (SSSR count). The average Bonchev–Trinajstić information content (AvgIpc) is 2.49. The highest BCUT2D eigenvalue weighted by Crippen LogP contribution is 2.42. The predicted molar refractivity (Wildman–Crippen MR) is 125 cm³/mol. The highest BCUT2D eigenvalue weighted by Gasteiger charge is 2.37. The lowest BCUT2D eigenvalue weighted by Crippen LogP contribution is -2.37. The van der Waals surface area contributed by atoms with Gasteiger partial charge in [0, 0.05) is 11.3 Å². The first-order valence-corrected chi connectivity index (χ1v) is 11.2. The van der Waals surface area contributed by atoms with E-state index < -0.39 is 10.5 Å². The van der Waals surface area contributed by atoms with Crippen LogP contribution in [0.2, 0.25) is 0 Å². The van der Waals surface area contributed by atoms with E-state index in [0.717, 1.165) is 0 Å². The largest absolute Gasteiger partial charge is 0.230 e. The van der Waals surface area contributed by atoms with Crippen molar-refractivity contribution < 1.29 is 9.78 Å². The molecule has 0 heterocycles. The minimum absolute atomic E-state index is 0.137. The summed E-state index contributed by atoms with van der Waals surface area (Å²) < 4.78 is 0. The molecular formula is C24H42N2O2S. The first-order chi connectivity index (χ1) is 12.8. The Bertz CT molecular complexity index is 677. The number of nitrogens with zero attached hydrogens (tertiary/aromatic N) is 2. The van der Waals surface area contributed by atoms with E-state index >= 15 is 0 Å². The average molecular weight is 423 g/mol. The lowest BCUT2D eigenvalue weighted by atomic mass is 9.87. The Morgan fingerprint density at radius 2 is 1.24 bits per heavy atom. The first-order valence-electron chi connectivity index (χ1n) is 10.4. The molecule has 0 radical (unpaired) electrons. The molecule has 0 saturated heterocycles. The number of hydrogen-bond acceptors (Lipinski definition) is 5. The van der Waals surface area contributed by atoms with Gasteiger partial charge in [0.25, 0.3) is 0 Å². The van der Waals surface area contributed by atoms with Gasteiger partial charge in [-0.25, -0.2) is 9.78 Å². The minimum Gasteiger partial charge on any atom is -0.230 e. The van der Waals surface area contributed by atoms with E-state index in [9.17, 15) is 0 Å². The van der Waals surface area contributed by atoms with E-state index in [2.05, 4.69) is 77.8 Å². The van der Waals surface area contributed by atoms with Crippen LogP contribution < -0.4 is 0 Å². The molecular weight excluding hydrogens is 380 g/mol. The number of thioether (sulfide) groups is 1. The number of rotatable bonds is 7. The van der Waals surface area contributed by atoms with Gasteiger partial charge in [-0.05, 0) is 85.4 Å². The smallest absolute Gasteiger partial charge is 0.131 e. The van der Waals surface area contributed by atoms with E-state index in [1.807, 2.05) is 34.6 Å². The maximum atomic E-state index is 5.81. The molecule has 0 aliphatic carbocycles. The van der Waals surface area contributed by atoms with Gasteiger partial charge in [-0.15, -0.1) is 0 Å². The normalized spacial score (nSPS) is 16.3. The maximum Gasteiger partial charge on any atom is 0.131 e. The zero-order valence-electron chi connectivity index (χ0n) is 20.6. The van der Waals surface area contributed by atoms with Crippen molar-refractivity contribution in [2.75, 3.05) is 0 Å². The molecule has 0 aromatic heterocycles. The molecule has 166 valence electrons. The van der Waals surface area contributed by atoms with Gasteiger partial charge in [-0.1, -0.05) is 44.7 Å². The fourth-order valence-corrected chi connectivity index (χ4v) is 3.96. The molecule has 1 aromatic carbocycles. The number of benzene rings is 1. The molecule has 5 heteroatoms. The van der Waals surface area contributed by atoms with E-state index in [-0.39, 0.29) is 16.6 Å².